The third kappa shape index (κ3) is 5.45. The lowest BCUT2D eigenvalue weighted by Gasteiger charge is -2.18. The molecule has 1 aromatic carbocycles. The van der Waals surface area contributed by atoms with Crippen molar-refractivity contribution in [3.8, 4) is 0 Å². The summed E-state index contributed by atoms with van der Waals surface area (Å²) in [6.07, 6.45) is 0.439. The molecule has 1 atom stereocenters. The van der Waals surface area contributed by atoms with E-state index in [0.717, 1.165) is 11.3 Å². The van der Waals surface area contributed by atoms with Crippen molar-refractivity contribution in [2.45, 2.75) is 47.1 Å². The molecule has 0 heterocycles. The summed E-state index contributed by atoms with van der Waals surface area (Å²) in [5.74, 6) is 0.353. The summed E-state index contributed by atoms with van der Waals surface area (Å²) in [5.41, 5.74) is 2.38. The maximum atomic E-state index is 11.9. The zero-order valence-corrected chi connectivity index (χ0v) is 13.4. The summed E-state index contributed by atoms with van der Waals surface area (Å²) in [6.45, 7) is 9.78. The Morgan fingerprint density at radius 2 is 1.81 bits per heavy atom. The minimum Gasteiger partial charge on any atom is -0.335 e. The van der Waals surface area contributed by atoms with Gasteiger partial charge in [-0.2, -0.15) is 0 Å². The standard InChI is InChI=1S/C16H25N3O2/c1-6-15(20)19-14-8-7-13(9-11(14)4)18-16(21)17-12(5)10(2)3/h7-10,12H,6H2,1-5H3,(H,19,20)(H2,17,18,21)/t12-/m1/s1. The highest BCUT2D eigenvalue weighted by atomic mass is 16.2. The Kier molecular flexibility index (Phi) is 6.21. The van der Waals surface area contributed by atoms with E-state index in [1.807, 2.05) is 19.9 Å². The van der Waals surface area contributed by atoms with E-state index in [1.165, 1.54) is 0 Å². The second-order valence-electron chi connectivity index (χ2n) is 5.56. The molecule has 0 saturated heterocycles. The zero-order valence-electron chi connectivity index (χ0n) is 13.4. The van der Waals surface area contributed by atoms with Crippen molar-refractivity contribution in [3.63, 3.8) is 0 Å². The molecule has 21 heavy (non-hydrogen) atoms. The van der Waals surface area contributed by atoms with Crippen LogP contribution in [-0.2, 0) is 4.79 Å². The molecule has 0 aliphatic rings. The lowest BCUT2D eigenvalue weighted by Crippen LogP contribution is -2.39. The smallest absolute Gasteiger partial charge is 0.319 e. The van der Waals surface area contributed by atoms with E-state index >= 15 is 0 Å². The minimum atomic E-state index is -0.221. The first-order chi connectivity index (χ1) is 9.83. The highest BCUT2D eigenvalue weighted by molar-refractivity contribution is 5.93. The minimum absolute atomic E-state index is 0.0256. The monoisotopic (exact) mass is 291 g/mol. The van der Waals surface area contributed by atoms with Gasteiger partial charge in [-0.05, 0) is 43.5 Å². The Balaban J connectivity index is 2.67. The van der Waals surface area contributed by atoms with Crippen LogP contribution in [0.5, 0.6) is 0 Å². The van der Waals surface area contributed by atoms with Gasteiger partial charge in [0.15, 0.2) is 0 Å². The Morgan fingerprint density at radius 3 is 2.33 bits per heavy atom. The van der Waals surface area contributed by atoms with Crippen LogP contribution in [0.2, 0.25) is 0 Å². The van der Waals surface area contributed by atoms with E-state index in [2.05, 4.69) is 29.8 Å². The van der Waals surface area contributed by atoms with Gasteiger partial charge in [-0.3, -0.25) is 4.79 Å². The fraction of sp³-hybridized carbons (Fsp3) is 0.500. The predicted molar refractivity (Wildman–Crippen MR) is 86.6 cm³/mol. The Hall–Kier alpha value is -2.04. The summed E-state index contributed by atoms with van der Waals surface area (Å²) < 4.78 is 0. The summed E-state index contributed by atoms with van der Waals surface area (Å²) in [6, 6.07) is 5.29. The Labute approximate surface area is 126 Å². The number of rotatable bonds is 5. The quantitative estimate of drug-likeness (QED) is 0.777. The highest BCUT2D eigenvalue weighted by Gasteiger charge is 2.11. The number of aryl methyl sites for hydroxylation is 1. The number of urea groups is 1. The maximum absolute atomic E-state index is 11.9. The molecule has 5 nitrogen and oxygen atoms in total. The van der Waals surface area contributed by atoms with E-state index in [4.69, 9.17) is 0 Å². The lowest BCUT2D eigenvalue weighted by molar-refractivity contribution is -0.115. The zero-order chi connectivity index (χ0) is 16.0. The fourth-order valence-corrected chi connectivity index (χ4v) is 1.66. The van der Waals surface area contributed by atoms with Crippen molar-refractivity contribution in [1.82, 2.24) is 5.32 Å². The molecule has 1 rings (SSSR count). The Morgan fingerprint density at radius 1 is 1.14 bits per heavy atom. The second kappa shape index (κ2) is 7.67. The van der Waals surface area contributed by atoms with Crippen LogP contribution in [0.3, 0.4) is 0 Å². The van der Waals surface area contributed by atoms with Gasteiger partial charge >= 0.3 is 6.03 Å². The number of hydrogen-bond donors (Lipinski definition) is 3. The predicted octanol–water partition coefficient (Wildman–Crippen LogP) is 3.51. The van der Waals surface area contributed by atoms with E-state index in [-0.39, 0.29) is 18.0 Å². The van der Waals surface area contributed by atoms with Crippen molar-refractivity contribution in [2.75, 3.05) is 10.6 Å². The number of carbonyl (C=O) groups is 2. The van der Waals surface area contributed by atoms with Crippen molar-refractivity contribution in [2.24, 2.45) is 5.92 Å². The molecule has 0 aromatic heterocycles. The van der Waals surface area contributed by atoms with Crippen LogP contribution < -0.4 is 16.0 Å². The number of nitrogens with one attached hydrogen (secondary N) is 3. The summed E-state index contributed by atoms with van der Waals surface area (Å²) in [7, 11) is 0. The van der Waals surface area contributed by atoms with Crippen LogP contribution in [0.4, 0.5) is 16.2 Å². The average Bonchev–Trinajstić information content (AvgIpc) is 2.41. The first kappa shape index (κ1) is 17.0. The molecular weight excluding hydrogens is 266 g/mol. The van der Waals surface area contributed by atoms with E-state index in [0.29, 0.717) is 18.0 Å². The number of anilines is 2. The number of carbonyl (C=O) groups excluding carboxylic acids is 2. The molecular formula is C16H25N3O2. The van der Waals surface area contributed by atoms with Crippen molar-refractivity contribution in [1.29, 1.82) is 0 Å². The Bertz CT molecular complexity index is 512. The molecule has 3 N–H and O–H groups in total. The third-order valence-corrected chi connectivity index (χ3v) is 3.44. The van der Waals surface area contributed by atoms with Gasteiger partial charge in [-0.25, -0.2) is 4.79 Å². The topological polar surface area (TPSA) is 70.2 Å². The average molecular weight is 291 g/mol. The molecule has 116 valence electrons. The summed E-state index contributed by atoms with van der Waals surface area (Å²) in [5, 5.41) is 8.50. The largest absolute Gasteiger partial charge is 0.335 e. The van der Waals surface area contributed by atoms with Gasteiger partial charge in [0, 0.05) is 23.8 Å². The fourth-order valence-electron chi connectivity index (χ4n) is 1.66. The van der Waals surface area contributed by atoms with Gasteiger partial charge in [0.1, 0.15) is 0 Å². The molecule has 1 aromatic rings. The molecule has 0 spiro atoms. The van der Waals surface area contributed by atoms with Crippen LogP contribution in [0.25, 0.3) is 0 Å². The van der Waals surface area contributed by atoms with Gasteiger partial charge in [0.2, 0.25) is 5.91 Å². The molecule has 0 radical (unpaired) electrons. The molecule has 3 amide bonds. The van der Waals surface area contributed by atoms with Crippen LogP contribution in [0.15, 0.2) is 18.2 Å². The van der Waals surface area contributed by atoms with E-state index in [9.17, 15) is 9.59 Å². The molecule has 0 saturated carbocycles. The normalized spacial score (nSPS) is 11.9. The summed E-state index contributed by atoms with van der Waals surface area (Å²) in [4.78, 5) is 23.2. The first-order valence-electron chi connectivity index (χ1n) is 7.31. The molecule has 0 fully saturated rings. The lowest BCUT2D eigenvalue weighted by atomic mass is 10.1. The van der Waals surface area contributed by atoms with Crippen molar-refractivity contribution >= 4 is 23.3 Å². The van der Waals surface area contributed by atoms with Crippen LogP contribution >= 0.6 is 0 Å². The number of benzene rings is 1. The highest BCUT2D eigenvalue weighted by Crippen LogP contribution is 2.20. The van der Waals surface area contributed by atoms with Crippen LogP contribution in [0, 0.1) is 12.8 Å². The maximum Gasteiger partial charge on any atom is 0.319 e. The molecule has 0 aliphatic heterocycles. The van der Waals surface area contributed by atoms with Crippen molar-refractivity contribution in [3.05, 3.63) is 23.8 Å². The van der Waals surface area contributed by atoms with Gasteiger partial charge in [0.05, 0.1) is 0 Å². The van der Waals surface area contributed by atoms with Gasteiger partial charge < -0.3 is 16.0 Å². The van der Waals surface area contributed by atoms with Crippen molar-refractivity contribution < 1.29 is 9.59 Å². The SMILES string of the molecule is CCC(=O)Nc1ccc(NC(=O)N[C@H](C)C(C)C)cc1C. The third-order valence-electron chi connectivity index (χ3n) is 3.44. The summed E-state index contributed by atoms with van der Waals surface area (Å²) >= 11 is 0. The molecule has 0 bridgehead atoms. The van der Waals surface area contributed by atoms with Gasteiger partial charge in [-0.15, -0.1) is 0 Å². The number of amides is 3. The van der Waals surface area contributed by atoms with Crippen LogP contribution in [-0.4, -0.2) is 18.0 Å². The second-order valence-corrected chi connectivity index (χ2v) is 5.56. The van der Waals surface area contributed by atoms with Gasteiger partial charge in [0.25, 0.3) is 0 Å². The van der Waals surface area contributed by atoms with Crippen LogP contribution in [0.1, 0.15) is 39.7 Å². The first-order valence-corrected chi connectivity index (χ1v) is 7.31. The molecule has 0 aliphatic carbocycles. The van der Waals surface area contributed by atoms with Gasteiger partial charge in [-0.1, -0.05) is 20.8 Å². The molecule has 5 heteroatoms. The van der Waals surface area contributed by atoms with E-state index < -0.39 is 0 Å². The number of hydrogen-bond acceptors (Lipinski definition) is 2. The molecule has 0 unspecified atom stereocenters. The van der Waals surface area contributed by atoms with E-state index in [1.54, 1.807) is 19.1 Å².